The van der Waals surface area contributed by atoms with Gasteiger partial charge in [-0.25, -0.2) is 9.18 Å². The van der Waals surface area contributed by atoms with Crippen molar-refractivity contribution in [2.24, 2.45) is 0 Å². The van der Waals surface area contributed by atoms with E-state index in [9.17, 15) is 9.18 Å². The molecule has 160 valence electrons. The fraction of sp³-hybridized carbons (Fsp3) is 0.240. The summed E-state index contributed by atoms with van der Waals surface area (Å²) in [5.74, 6) is -0.304. The van der Waals surface area contributed by atoms with Crippen LogP contribution in [0.3, 0.4) is 0 Å². The van der Waals surface area contributed by atoms with Crippen molar-refractivity contribution in [2.45, 2.75) is 12.6 Å². The lowest BCUT2D eigenvalue weighted by atomic mass is 9.96. The van der Waals surface area contributed by atoms with Crippen LogP contribution in [0.4, 0.5) is 9.18 Å². The molecule has 1 heterocycles. The average molecular weight is 438 g/mol. The Labute approximate surface area is 187 Å². The number of nitrogens with one attached hydrogen (secondary N) is 1. The van der Waals surface area contributed by atoms with Crippen LogP contribution >= 0.6 is 11.6 Å². The number of hydrogen-bond donors (Lipinski definition) is 1. The van der Waals surface area contributed by atoms with Gasteiger partial charge >= 0.3 is 6.03 Å². The maximum atomic E-state index is 13.8. The Bertz CT molecular complexity index is 1000. The Hall–Kier alpha value is -2.89. The molecule has 0 spiro atoms. The highest BCUT2D eigenvalue weighted by molar-refractivity contribution is 6.30. The van der Waals surface area contributed by atoms with Gasteiger partial charge in [0.05, 0.1) is 6.04 Å². The van der Waals surface area contributed by atoms with Crippen molar-refractivity contribution in [3.63, 3.8) is 0 Å². The van der Waals surface area contributed by atoms with Gasteiger partial charge in [0.15, 0.2) is 0 Å². The lowest BCUT2D eigenvalue weighted by Crippen LogP contribution is -2.52. The van der Waals surface area contributed by atoms with E-state index in [1.807, 2.05) is 30.3 Å². The van der Waals surface area contributed by atoms with Gasteiger partial charge in [0.1, 0.15) is 5.82 Å². The lowest BCUT2D eigenvalue weighted by Gasteiger charge is -2.39. The van der Waals surface area contributed by atoms with Crippen LogP contribution in [0.1, 0.15) is 22.7 Å². The molecule has 0 aliphatic carbocycles. The summed E-state index contributed by atoms with van der Waals surface area (Å²) in [7, 11) is 0. The van der Waals surface area contributed by atoms with Gasteiger partial charge in [-0.2, -0.15) is 0 Å². The Kier molecular flexibility index (Phi) is 6.85. The van der Waals surface area contributed by atoms with E-state index in [0.29, 0.717) is 23.7 Å². The van der Waals surface area contributed by atoms with Crippen molar-refractivity contribution in [2.75, 3.05) is 26.2 Å². The summed E-state index contributed by atoms with van der Waals surface area (Å²) in [6.07, 6.45) is 0. The molecule has 1 N–H and O–H groups in total. The maximum absolute atomic E-state index is 13.8. The third-order valence-corrected chi connectivity index (χ3v) is 5.91. The molecule has 1 aliphatic rings. The van der Waals surface area contributed by atoms with Gasteiger partial charge < -0.3 is 10.2 Å². The highest BCUT2D eigenvalue weighted by Crippen LogP contribution is 2.30. The maximum Gasteiger partial charge on any atom is 0.317 e. The summed E-state index contributed by atoms with van der Waals surface area (Å²) in [6.45, 7) is 2.90. The molecule has 3 aromatic carbocycles. The van der Waals surface area contributed by atoms with E-state index in [0.717, 1.165) is 13.1 Å². The fourth-order valence-corrected chi connectivity index (χ4v) is 4.13. The number of nitrogens with zero attached hydrogens (tertiary/aromatic N) is 2. The fourth-order valence-electron chi connectivity index (χ4n) is 4.00. The van der Waals surface area contributed by atoms with Crippen molar-refractivity contribution in [3.05, 3.63) is 106 Å². The van der Waals surface area contributed by atoms with Gasteiger partial charge in [-0.15, -0.1) is 0 Å². The molecular formula is C25H25ClFN3O. The minimum atomic E-state index is -0.304. The van der Waals surface area contributed by atoms with Crippen LogP contribution in [-0.4, -0.2) is 42.0 Å². The van der Waals surface area contributed by atoms with Gasteiger partial charge in [-0.3, -0.25) is 4.90 Å². The number of rotatable bonds is 5. The predicted molar refractivity (Wildman–Crippen MR) is 122 cm³/mol. The first-order valence-electron chi connectivity index (χ1n) is 10.4. The molecule has 0 bridgehead atoms. The minimum absolute atomic E-state index is 0.0992. The minimum Gasteiger partial charge on any atom is -0.334 e. The van der Waals surface area contributed by atoms with Crippen molar-refractivity contribution in [3.8, 4) is 0 Å². The molecule has 4 rings (SSSR count). The zero-order valence-corrected chi connectivity index (χ0v) is 17.9. The van der Waals surface area contributed by atoms with Crippen molar-refractivity contribution >= 4 is 17.6 Å². The molecule has 4 nitrogen and oxygen atoms in total. The number of carbonyl (C=O) groups excluding carboxylic acids is 1. The van der Waals surface area contributed by atoms with E-state index < -0.39 is 0 Å². The zero-order chi connectivity index (χ0) is 21.6. The van der Waals surface area contributed by atoms with E-state index >= 15 is 0 Å². The summed E-state index contributed by atoms with van der Waals surface area (Å²) < 4.78 is 13.8. The number of urea groups is 1. The summed E-state index contributed by atoms with van der Waals surface area (Å²) in [5, 5.41) is 3.55. The van der Waals surface area contributed by atoms with Gasteiger partial charge in [-0.1, -0.05) is 72.3 Å². The molecule has 1 saturated heterocycles. The number of carbonyl (C=O) groups is 1. The molecule has 1 aliphatic heterocycles. The van der Waals surface area contributed by atoms with Crippen LogP contribution in [0.2, 0.25) is 5.02 Å². The van der Waals surface area contributed by atoms with Crippen molar-refractivity contribution in [1.29, 1.82) is 0 Å². The van der Waals surface area contributed by atoms with Crippen molar-refractivity contribution in [1.82, 2.24) is 15.1 Å². The smallest absolute Gasteiger partial charge is 0.317 e. The summed E-state index contributed by atoms with van der Waals surface area (Å²) >= 11 is 6.10. The molecule has 3 aromatic rings. The summed E-state index contributed by atoms with van der Waals surface area (Å²) in [4.78, 5) is 16.8. The molecule has 0 unspecified atom stereocenters. The molecule has 0 radical (unpaired) electrons. The van der Waals surface area contributed by atoms with Crippen LogP contribution < -0.4 is 5.32 Å². The Morgan fingerprint density at radius 2 is 1.48 bits per heavy atom. The van der Waals surface area contributed by atoms with E-state index in [2.05, 4.69) is 34.5 Å². The largest absolute Gasteiger partial charge is 0.334 e. The molecule has 2 amide bonds. The van der Waals surface area contributed by atoms with Crippen LogP contribution in [0, 0.1) is 5.82 Å². The van der Waals surface area contributed by atoms with Gasteiger partial charge in [0.2, 0.25) is 0 Å². The van der Waals surface area contributed by atoms with Crippen LogP contribution in [-0.2, 0) is 6.54 Å². The lowest BCUT2D eigenvalue weighted by molar-refractivity contribution is 0.120. The SMILES string of the molecule is O=C(NCc1ccccc1F)N1CCN([C@@H](c2ccccc2)c2ccc(Cl)cc2)CC1. The second kappa shape index (κ2) is 9.94. The van der Waals surface area contributed by atoms with E-state index in [1.165, 1.54) is 17.2 Å². The monoisotopic (exact) mass is 437 g/mol. The molecular weight excluding hydrogens is 413 g/mol. The third kappa shape index (κ3) is 5.24. The normalized spacial score (nSPS) is 15.5. The molecule has 0 saturated carbocycles. The molecule has 31 heavy (non-hydrogen) atoms. The summed E-state index contributed by atoms with van der Waals surface area (Å²) in [5.41, 5.74) is 2.87. The Morgan fingerprint density at radius 1 is 0.871 bits per heavy atom. The topological polar surface area (TPSA) is 35.6 Å². The van der Waals surface area contributed by atoms with E-state index in [1.54, 1.807) is 23.1 Å². The number of amides is 2. The highest BCUT2D eigenvalue weighted by atomic mass is 35.5. The van der Waals surface area contributed by atoms with Gasteiger partial charge in [0.25, 0.3) is 0 Å². The first-order chi connectivity index (χ1) is 15.1. The zero-order valence-electron chi connectivity index (χ0n) is 17.2. The van der Waals surface area contributed by atoms with Crippen LogP contribution in [0.25, 0.3) is 0 Å². The number of hydrogen-bond acceptors (Lipinski definition) is 2. The average Bonchev–Trinajstić information content (AvgIpc) is 2.81. The highest BCUT2D eigenvalue weighted by Gasteiger charge is 2.28. The van der Waals surface area contributed by atoms with E-state index in [4.69, 9.17) is 11.6 Å². The predicted octanol–water partition coefficient (Wildman–Crippen LogP) is 5.10. The van der Waals surface area contributed by atoms with Crippen LogP contribution in [0.15, 0.2) is 78.9 Å². The van der Waals surface area contributed by atoms with E-state index in [-0.39, 0.29) is 24.4 Å². The first kappa shape index (κ1) is 21.3. The number of halogens is 2. The third-order valence-electron chi connectivity index (χ3n) is 5.66. The number of piperazine rings is 1. The molecule has 1 fully saturated rings. The standard InChI is InChI=1S/C25H25ClFN3O/c26-22-12-10-20(11-13-22)24(19-6-2-1-3-7-19)29-14-16-30(17-15-29)25(31)28-18-21-8-4-5-9-23(21)27/h1-13,24H,14-18H2,(H,28,31)/t24-/m0/s1. The van der Waals surface area contributed by atoms with Crippen molar-refractivity contribution < 1.29 is 9.18 Å². The second-order valence-electron chi connectivity index (χ2n) is 7.64. The van der Waals surface area contributed by atoms with Gasteiger partial charge in [-0.05, 0) is 29.3 Å². The summed E-state index contributed by atoms with van der Waals surface area (Å²) in [6, 6.07) is 24.8. The quantitative estimate of drug-likeness (QED) is 0.603. The van der Waals surface area contributed by atoms with Crippen LogP contribution in [0.5, 0.6) is 0 Å². The molecule has 1 atom stereocenters. The molecule has 0 aromatic heterocycles. The Balaban J connectivity index is 1.41. The second-order valence-corrected chi connectivity index (χ2v) is 8.07. The van der Waals surface area contributed by atoms with Gasteiger partial charge in [0, 0.05) is 43.3 Å². The Morgan fingerprint density at radius 3 is 2.16 bits per heavy atom. The first-order valence-corrected chi connectivity index (χ1v) is 10.8. The molecule has 6 heteroatoms. The number of benzene rings is 3.